The number of para-hydroxylation sites is 1. The first-order valence-electron chi connectivity index (χ1n) is 5.40. The molecular weight excluding hydrogens is 371 g/mol. The van der Waals surface area contributed by atoms with E-state index in [2.05, 4.69) is 25.6 Å². The Bertz CT molecular complexity index is 748. The van der Waals surface area contributed by atoms with Gasteiger partial charge in [0.25, 0.3) is 10.0 Å². The molecule has 0 radical (unpaired) electrons. The summed E-state index contributed by atoms with van der Waals surface area (Å²) in [4.78, 5) is 3.51. The molecule has 0 atom stereocenters. The van der Waals surface area contributed by atoms with Crippen LogP contribution in [-0.4, -0.2) is 13.4 Å². The van der Waals surface area contributed by atoms with Gasteiger partial charge in [0.15, 0.2) is 0 Å². The quantitative estimate of drug-likeness (QED) is 0.826. The number of nitrogens with one attached hydrogen (secondary N) is 1. The first-order chi connectivity index (χ1) is 9.31. The molecule has 1 N–H and O–H groups in total. The molecule has 0 aliphatic rings. The predicted octanol–water partition coefficient (Wildman–Crippen LogP) is 3.75. The van der Waals surface area contributed by atoms with Gasteiger partial charge in [0.2, 0.25) is 0 Å². The summed E-state index contributed by atoms with van der Waals surface area (Å²) in [6.07, 6.45) is 1.37. The largest absolute Gasteiger partial charge is 0.276 e. The first-order valence-corrected chi connectivity index (χ1v) is 8.05. The number of halogens is 3. The Morgan fingerprint density at radius 1 is 1.40 bits per heavy atom. The van der Waals surface area contributed by atoms with Crippen LogP contribution >= 0.6 is 27.5 Å². The van der Waals surface area contributed by atoms with E-state index < -0.39 is 15.8 Å². The molecule has 0 saturated carbocycles. The fourth-order valence-corrected chi connectivity index (χ4v) is 3.63. The highest BCUT2D eigenvalue weighted by molar-refractivity contribution is 9.10. The summed E-state index contributed by atoms with van der Waals surface area (Å²) in [5.74, 6) is -0.660. The molecule has 0 saturated heterocycles. The van der Waals surface area contributed by atoms with Crippen molar-refractivity contribution in [2.75, 3.05) is 4.72 Å². The SMILES string of the molecule is Cc1cccc(F)c1NS(=O)(=O)c1cc(Br)cnc1Cl. The standard InChI is InChI=1S/C12H9BrClFN2O2S/c1-7-3-2-4-9(15)11(7)17-20(18,19)10-5-8(13)6-16-12(10)14/h2-6,17H,1H3. The summed E-state index contributed by atoms with van der Waals surface area (Å²) in [5.41, 5.74) is 0.358. The molecule has 1 aromatic carbocycles. The van der Waals surface area contributed by atoms with Gasteiger partial charge in [-0.25, -0.2) is 17.8 Å². The van der Waals surface area contributed by atoms with Crippen molar-refractivity contribution in [3.05, 3.63) is 51.5 Å². The molecule has 106 valence electrons. The number of pyridine rings is 1. The fourth-order valence-electron chi connectivity index (χ4n) is 1.54. The van der Waals surface area contributed by atoms with Crippen molar-refractivity contribution in [3.8, 4) is 0 Å². The number of aryl methyl sites for hydroxylation is 1. The smallest absolute Gasteiger partial charge is 0.265 e. The van der Waals surface area contributed by atoms with Gasteiger partial charge >= 0.3 is 0 Å². The third-order valence-electron chi connectivity index (χ3n) is 2.52. The van der Waals surface area contributed by atoms with Crippen LogP contribution in [0.4, 0.5) is 10.1 Å². The van der Waals surface area contributed by atoms with Gasteiger partial charge in [0.1, 0.15) is 15.9 Å². The van der Waals surface area contributed by atoms with Crippen LogP contribution in [0.1, 0.15) is 5.56 Å². The summed E-state index contributed by atoms with van der Waals surface area (Å²) < 4.78 is 40.8. The van der Waals surface area contributed by atoms with E-state index >= 15 is 0 Å². The van der Waals surface area contributed by atoms with Crippen LogP contribution < -0.4 is 4.72 Å². The van der Waals surface area contributed by atoms with Crippen LogP contribution in [-0.2, 0) is 10.0 Å². The summed E-state index contributed by atoms with van der Waals surface area (Å²) in [7, 11) is -4.03. The lowest BCUT2D eigenvalue weighted by molar-refractivity contribution is 0.598. The fraction of sp³-hybridized carbons (Fsp3) is 0.0833. The van der Waals surface area contributed by atoms with Gasteiger partial charge in [-0.15, -0.1) is 0 Å². The van der Waals surface area contributed by atoms with Crippen molar-refractivity contribution in [3.63, 3.8) is 0 Å². The number of anilines is 1. The Kier molecular flexibility index (Phi) is 4.31. The van der Waals surface area contributed by atoms with Crippen LogP contribution in [0.15, 0.2) is 39.8 Å². The molecule has 0 bridgehead atoms. The lowest BCUT2D eigenvalue weighted by Crippen LogP contribution is -2.15. The maximum absolute atomic E-state index is 13.7. The number of rotatable bonds is 3. The van der Waals surface area contributed by atoms with E-state index in [1.54, 1.807) is 13.0 Å². The molecule has 0 fully saturated rings. The van der Waals surface area contributed by atoms with E-state index in [-0.39, 0.29) is 15.7 Å². The van der Waals surface area contributed by atoms with Crippen molar-refractivity contribution in [1.82, 2.24) is 4.98 Å². The van der Waals surface area contributed by atoms with Gasteiger partial charge in [0.05, 0.1) is 5.69 Å². The van der Waals surface area contributed by atoms with Crippen molar-refractivity contribution < 1.29 is 12.8 Å². The van der Waals surface area contributed by atoms with Gasteiger partial charge in [0, 0.05) is 10.7 Å². The normalized spacial score (nSPS) is 11.4. The van der Waals surface area contributed by atoms with E-state index in [1.807, 2.05) is 0 Å². The highest BCUT2D eigenvalue weighted by Crippen LogP contribution is 2.27. The highest BCUT2D eigenvalue weighted by Gasteiger charge is 2.21. The minimum Gasteiger partial charge on any atom is -0.276 e. The zero-order valence-electron chi connectivity index (χ0n) is 10.2. The number of nitrogens with zero attached hydrogens (tertiary/aromatic N) is 1. The molecule has 20 heavy (non-hydrogen) atoms. The molecule has 1 aromatic heterocycles. The maximum atomic E-state index is 13.7. The molecule has 0 aliphatic carbocycles. The van der Waals surface area contributed by atoms with E-state index in [0.717, 1.165) is 0 Å². The van der Waals surface area contributed by atoms with Crippen LogP contribution in [0.5, 0.6) is 0 Å². The minimum atomic E-state index is -4.03. The molecule has 1 heterocycles. The Labute approximate surface area is 129 Å². The number of aromatic nitrogens is 1. The second kappa shape index (κ2) is 5.67. The zero-order valence-corrected chi connectivity index (χ0v) is 13.4. The molecule has 2 rings (SSSR count). The van der Waals surface area contributed by atoms with E-state index in [0.29, 0.717) is 10.0 Å². The number of hydrogen-bond donors (Lipinski definition) is 1. The van der Waals surface area contributed by atoms with E-state index in [4.69, 9.17) is 11.6 Å². The van der Waals surface area contributed by atoms with Gasteiger partial charge in [-0.1, -0.05) is 23.7 Å². The summed E-state index contributed by atoms with van der Waals surface area (Å²) in [6.45, 7) is 1.60. The molecule has 4 nitrogen and oxygen atoms in total. The Balaban J connectivity index is 2.49. The van der Waals surface area contributed by atoms with Crippen molar-refractivity contribution >= 4 is 43.2 Å². The van der Waals surface area contributed by atoms with Crippen LogP contribution in [0.25, 0.3) is 0 Å². The zero-order chi connectivity index (χ0) is 14.9. The Morgan fingerprint density at radius 2 is 2.10 bits per heavy atom. The van der Waals surface area contributed by atoms with Crippen molar-refractivity contribution in [2.24, 2.45) is 0 Å². The highest BCUT2D eigenvalue weighted by atomic mass is 79.9. The van der Waals surface area contributed by atoms with Crippen molar-refractivity contribution in [1.29, 1.82) is 0 Å². The monoisotopic (exact) mass is 378 g/mol. The average molecular weight is 380 g/mol. The van der Waals surface area contributed by atoms with Gasteiger partial charge in [-0.05, 0) is 40.5 Å². The Hall–Kier alpha value is -1.18. The number of sulfonamides is 1. The maximum Gasteiger partial charge on any atom is 0.265 e. The Morgan fingerprint density at radius 3 is 2.75 bits per heavy atom. The molecule has 2 aromatic rings. The molecule has 8 heteroatoms. The molecular formula is C12H9BrClFN2O2S. The average Bonchev–Trinajstić information content (AvgIpc) is 2.37. The molecule has 0 aliphatic heterocycles. The number of hydrogen-bond acceptors (Lipinski definition) is 3. The second-order valence-electron chi connectivity index (χ2n) is 3.98. The third-order valence-corrected chi connectivity index (χ3v) is 4.73. The van der Waals surface area contributed by atoms with Crippen LogP contribution in [0.2, 0.25) is 5.15 Å². The van der Waals surface area contributed by atoms with E-state index in [1.165, 1.54) is 24.4 Å². The van der Waals surface area contributed by atoms with Gasteiger partial charge in [-0.3, -0.25) is 4.72 Å². The topological polar surface area (TPSA) is 59.1 Å². The van der Waals surface area contributed by atoms with Crippen LogP contribution in [0, 0.1) is 12.7 Å². The third kappa shape index (κ3) is 3.11. The predicted molar refractivity (Wildman–Crippen MR) is 78.9 cm³/mol. The van der Waals surface area contributed by atoms with Gasteiger partial charge in [-0.2, -0.15) is 0 Å². The molecule has 0 amide bonds. The minimum absolute atomic E-state index is 0.108. The summed E-state index contributed by atoms with van der Waals surface area (Å²) >= 11 is 8.90. The first kappa shape index (κ1) is 15.2. The van der Waals surface area contributed by atoms with Crippen LogP contribution in [0.3, 0.4) is 0 Å². The van der Waals surface area contributed by atoms with Gasteiger partial charge < -0.3 is 0 Å². The summed E-state index contributed by atoms with van der Waals surface area (Å²) in [5, 5.41) is -0.185. The summed E-state index contributed by atoms with van der Waals surface area (Å²) in [6, 6.07) is 5.57. The van der Waals surface area contributed by atoms with Crippen molar-refractivity contribution in [2.45, 2.75) is 11.8 Å². The van der Waals surface area contributed by atoms with E-state index in [9.17, 15) is 12.8 Å². The molecule has 0 unspecified atom stereocenters. The lowest BCUT2D eigenvalue weighted by atomic mass is 10.2. The molecule has 0 spiro atoms. The number of benzene rings is 1. The second-order valence-corrected chi connectivity index (χ2v) is 6.90. The lowest BCUT2D eigenvalue weighted by Gasteiger charge is -2.12.